The third kappa shape index (κ3) is 3.39. The van der Waals surface area contributed by atoms with E-state index in [0.29, 0.717) is 5.75 Å². The van der Waals surface area contributed by atoms with Gasteiger partial charge in [0.15, 0.2) is 5.16 Å². The lowest BCUT2D eigenvalue weighted by Crippen LogP contribution is -2.27. The molecule has 0 radical (unpaired) electrons. The Hall–Kier alpha value is -2.73. The van der Waals surface area contributed by atoms with Gasteiger partial charge in [-0.15, -0.1) is 0 Å². The van der Waals surface area contributed by atoms with Gasteiger partial charge in [-0.25, -0.2) is 4.98 Å². The molecular weight excluding hydrogens is 334 g/mol. The second-order valence-electron chi connectivity index (χ2n) is 5.82. The molecule has 6 heteroatoms. The maximum absolute atomic E-state index is 12.2. The van der Waals surface area contributed by atoms with Gasteiger partial charge in [-0.05, 0) is 31.2 Å². The summed E-state index contributed by atoms with van der Waals surface area (Å²) in [5, 5.41) is 4.75. The van der Waals surface area contributed by atoms with Gasteiger partial charge in [-0.2, -0.15) is 0 Å². The van der Waals surface area contributed by atoms with Crippen molar-refractivity contribution in [1.82, 2.24) is 15.3 Å². The molecule has 1 amide bonds. The number of furan rings is 1. The first kappa shape index (κ1) is 15.8. The zero-order valence-electron chi connectivity index (χ0n) is 13.7. The summed E-state index contributed by atoms with van der Waals surface area (Å²) in [4.78, 5) is 19.9. The molecule has 2 aromatic carbocycles. The molecule has 5 nitrogen and oxygen atoms in total. The number of rotatable bonds is 5. The first-order valence-corrected chi connectivity index (χ1v) is 9.03. The highest BCUT2D eigenvalue weighted by Gasteiger charge is 2.15. The Morgan fingerprint density at radius 3 is 2.88 bits per heavy atom. The first-order valence-electron chi connectivity index (χ1n) is 8.04. The Morgan fingerprint density at radius 1 is 1.24 bits per heavy atom. The Morgan fingerprint density at radius 2 is 2.04 bits per heavy atom. The highest BCUT2D eigenvalue weighted by atomic mass is 32.2. The number of hydrogen-bond donors (Lipinski definition) is 2. The molecule has 25 heavy (non-hydrogen) atoms. The van der Waals surface area contributed by atoms with E-state index < -0.39 is 0 Å². The minimum absolute atomic E-state index is 0.0570. The van der Waals surface area contributed by atoms with Crippen molar-refractivity contribution < 1.29 is 9.21 Å². The van der Waals surface area contributed by atoms with E-state index in [4.69, 9.17) is 4.42 Å². The molecule has 4 rings (SSSR count). The summed E-state index contributed by atoms with van der Waals surface area (Å²) in [6.45, 7) is 1.92. The van der Waals surface area contributed by atoms with E-state index in [9.17, 15) is 4.79 Å². The number of para-hydroxylation sites is 3. The van der Waals surface area contributed by atoms with Crippen LogP contribution in [0, 0.1) is 0 Å². The largest absolute Gasteiger partial charge is 0.459 e. The fourth-order valence-electron chi connectivity index (χ4n) is 2.70. The predicted octanol–water partition coefficient (Wildman–Crippen LogP) is 4.28. The van der Waals surface area contributed by atoms with E-state index in [2.05, 4.69) is 15.3 Å². The van der Waals surface area contributed by atoms with Crippen molar-refractivity contribution in [1.29, 1.82) is 0 Å². The van der Waals surface area contributed by atoms with E-state index in [1.807, 2.05) is 61.5 Å². The van der Waals surface area contributed by atoms with Gasteiger partial charge in [0.2, 0.25) is 5.91 Å². The second-order valence-corrected chi connectivity index (χ2v) is 6.79. The number of hydrogen-bond acceptors (Lipinski definition) is 4. The fourth-order valence-corrected chi connectivity index (χ4v) is 3.40. The van der Waals surface area contributed by atoms with Crippen molar-refractivity contribution >= 4 is 39.7 Å². The molecule has 0 aliphatic heterocycles. The molecule has 4 aromatic rings. The van der Waals surface area contributed by atoms with Crippen molar-refractivity contribution in [2.24, 2.45) is 0 Å². The number of carbonyl (C=O) groups is 1. The van der Waals surface area contributed by atoms with Crippen LogP contribution in [0.25, 0.3) is 22.0 Å². The monoisotopic (exact) mass is 351 g/mol. The molecule has 2 aromatic heterocycles. The SMILES string of the molecule is C[C@H](NC(=O)CSc1nc2ccccc2[nH]1)c1cc2ccccc2o1. The van der Waals surface area contributed by atoms with Crippen LogP contribution in [0.4, 0.5) is 0 Å². The number of thioether (sulfide) groups is 1. The number of nitrogens with one attached hydrogen (secondary N) is 2. The van der Waals surface area contributed by atoms with Gasteiger partial charge in [-0.3, -0.25) is 4.79 Å². The maximum atomic E-state index is 12.2. The number of carbonyl (C=O) groups excluding carboxylic acids is 1. The number of fused-ring (bicyclic) bond motifs is 2. The second kappa shape index (κ2) is 6.64. The summed E-state index contributed by atoms with van der Waals surface area (Å²) in [5.74, 6) is 0.992. The van der Waals surface area contributed by atoms with E-state index in [-0.39, 0.29) is 11.9 Å². The molecule has 1 atom stereocenters. The van der Waals surface area contributed by atoms with E-state index in [0.717, 1.165) is 32.9 Å². The summed E-state index contributed by atoms with van der Waals surface area (Å²) >= 11 is 1.39. The Kier molecular flexibility index (Phi) is 4.19. The normalized spacial score (nSPS) is 12.5. The van der Waals surface area contributed by atoms with Gasteiger partial charge in [-0.1, -0.05) is 42.1 Å². The smallest absolute Gasteiger partial charge is 0.231 e. The molecule has 0 fully saturated rings. The van der Waals surface area contributed by atoms with E-state index in [1.165, 1.54) is 11.8 Å². The summed E-state index contributed by atoms with van der Waals surface area (Å²) in [6, 6.07) is 17.4. The number of nitrogens with zero attached hydrogens (tertiary/aromatic N) is 1. The van der Waals surface area contributed by atoms with Crippen molar-refractivity contribution in [3.63, 3.8) is 0 Å². The van der Waals surface area contributed by atoms with Crippen molar-refractivity contribution in [3.05, 3.63) is 60.4 Å². The average molecular weight is 351 g/mol. The zero-order valence-corrected chi connectivity index (χ0v) is 14.5. The molecule has 0 unspecified atom stereocenters. The maximum Gasteiger partial charge on any atom is 0.231 e. The van der Waals surface area contributed by atoms with Gasteiger partial charge in [0.05, 0.1) is 22.8 Å². The number of H-pyrrole nitrogens is 1. The van der Waals surface area contributed by atoms with Crippen LogP contribution in [0.5, 0.6) is 0 Å². The Labute approximate surface area is 148 Å². The zero-order chi connectivity index (χ0) is 17.2. The fraction of sp³-hybridized carbons (Fsp3) is 0.158. The number of imidazole rings is 1. The van der Waals surface area contributed by atoms with Crippen LogP contribution in [-0.4, -0.2) is 21.6 Å². The van der Waals surface area contributed by atoms with Gasteiger partial charge in [0.25, 0.3) is 0 Å². The lowest BCUT2D eigenvalue weighted by molar-refractivity contribution is -0.119. The molecule has 0 bridgehead atoms. The summed E-state index contributed by atoms with van der Waals surface area (Å²) in [7, 11) is 0. The predicted molar refractivity (Wildman–Crippen MR) is 99.6 cm³/mol. The molecule has 0 aliphatic carbocycles. The van der Waals surface area contributed by atoms with Crippen LogP contribution in [-0.2, 0) is 4.79 Å². The van der Waals surface area contributed by atoms with Crippen molar-refractivity contribution in [2.45, 2.75) is 18.1 Å². The van der Waals surface area contributed by atoms with Gasteiger partial charge < -0.3 is 14.7 Å². The van der Waals surface area contributed by atoms with Crippen molar-refractivity contribution in [2.75, 3.05) is 5.75 Å². The van der Waals surface area contributed by atoms with Gasteiger partial charge in [0.1, 0.15) is 11.3 Å². The molecule has 0 spiro atoms. The molecule has 0 aliphatic rings. The number of amides is 1. The minimum Gasteiger partial charge on any atom is -0.459 e. The molecule has 2 heterocycles. The Bertz CT molecular complexity index is 971. The quantitative estimate of drug-likeness (QED) is 0.527. The lowest BCUT2D eigenvalue weighted by atomic mass is 10.2. The van der Waals surface area contributed by atoms with Crippen LogP contribution < -0.4 is 5.32 Å². The summed E-state index contributed by atoms with van der Waals surface area (Å²) < 4.78 is 5.79. The molecule has 2 N–H and O–H groups in total. The van der Waals surface area contributed by atoms with E-state index in [1.54, 1.807) is 0 Å². The molecule has 0 saturated carbocycles. The topological polar surface area (TPSA) is 70.9 Å². The number of aromatic nitrogens is 2. The summed E-state index contributed by atoms with van der Waals surface area (Å²) in [5.41, 5.74) is 2.71. The van der Waals surface area contributed by atoms with E-state index >= 15 is 0 Å². The number of benzene rings is 2. The summed E-state index contributed by atoms with van der Waals surface area (Å²) in [6.07, 6.45) is 0. The van der Waals surface area contributed by atoms with Crippen LogP contribution in [0.15, 0.2) is 64.2 Å². The molecule has 126 valence electrons. The van der Waals surface area contributed by atoms with Crippen LogP contribution in [0.3, 0.4) is 0 Å². The van der Waals surface area contributed by atoms with Crippen LogP contribution in [0.1, 0.15) is 18.7 Å². The molecular formula is C19H17N3O2S. The Balaban J connectivity index is 1.37. The highest BCUT2D eigenvalue weighted by molar-refractivity contribution is 7.99. The third-order valence-electron chi connectivity index (χ3n) is 3.96. The van der Waals surface area contributed by atoms with Crippen LogP contribution >= 0.6 is 11.8 Å². The van der Waals surface area contributed by atoms with Gasteiger partial charge in [0, 0.05) is 5.39 Å². The van der Waals surface area contributed by atoms with Gasteiger partial charge >= 0.3 is 0 Å². The standard InChI is InChI=1S/C19H17N3O2S/c1-12(17-10-13-6-2-5-9-16(13)24-17)20-18(23)11-25-19-21-14-7-3-4-8-15(14)22-19/h2-10,12H,11H2,1H3,(H,20,23)(H,21,22)/t12-/m0/s1. The average Bonchev–Trinajstić information content (AvgIpc) is 3.23. The van der Waals surface area contributed by atoms with Crippen molar-refractivity contribution in [3.8, 4) is 0 Å². The number of aromatic amines is 1. The third-order valence-corrected chi connectivity index (χ3v) is 4.83. The highest BCUT2D eigenvalue weighted by Crippen LogP contribution is 2.24. The minimum atomic E-state index is -0.184. The molecule has 0 saturated heterocycles. The first-order chi connectivity index (χ1) is 12.2. The van der Waals surface area contributed by atoms with Crippen LogP contribution in [0.2, 0.25) is 0 Å². The lowest BCUT2D eigenvalue weighted by Gasteiger charge is -2.10.